The number of carbonyl (C=O) groups is 1. The fraction of sp³-hybridized carbons (Fsp3) is 0.591. The maximum atomic E-state index is 12.4. The van der Waals surface area contributed by atoms with Crippen molar-refractivity contribution in [2.75, 3.05) is 13.2 Å². The van der Waals surface area contributed by atoms with Gasteiger partial charge in [-0.3, -0.25) is 9.69 Å². The molecule has 0 radical (unpaired) electrons. The number of benzene rings is 1. The van der Waals surface area contributed by atoms with E-state index in [2.05, 4.69) is 23.6 Å². The Kier molecular flexibility index (Phi) is 7.01. The third kappa shape index (κ3) is 4.95. The van der Waals surface area contributed by atoms with Crippen molar-refractivity contribution in [2.24, 2.45) is 5.41 Å². The summed E-state index contributed by atoms with van der Waals surface area (Å²) >= 11 is 0. The average Bonchev–Trinajstić information content (AvgIpc) is 2.61. The molecule has 2 rings (SSSR count). The van der Waals surface area contributed by atoms with Crippen LogP contribution in [0.15, 0.2) is 43.0 Å². The third-order valence-corrected chi connectivity index (χ3v) is 5.24. The normalized spacial score (nSPS) is 24.2. The highest BCUT2D eigenvalue weighted by atomic mass is 16.5. The van der Waals surface area contributed by atoms with E-state index in [0.29, 0.717) is 6.61 Å². The summed E-state index contributed by atoms with van der Waals surface area (Å²) in [5.74, 6) is -0.188. The number of ether oxygens (including phenoxy) is 1. The Hall–Kier alpha value is -1.65. The van der Waals surface area contributed by atoms with Crippen LogP contribution in [0.5, 0.6) is 0 Å². The van der Waals surface area contributed by atoms with Gasteiger partial charge in [-0.25, -0.2) is 0 Å². The molecule has 4 heteroatoms. The standard InChI is InChI=1S/C22H33NO3/c1-5-13-22(17-26-20(25)21(2,3)4)14-9-12-19(16-24)23(22)15-18-10-7-6-8-11-18/h5-8,10-11,19,24H,1,9,12-17H2,2-4H3/t19-,22+/m1/s1. The molecule has 1 aromatic rings. The molecule has 0 aromatic heterocycles. The first kappa shape index (κ1) is 20.7. The SMILES string of the molecule is C=CC[C@@]1(COC(=O)C(C)(C)C)CCC[C@H](CO)N1Cc1ccccc1. The molecule has 144 valence electrons. The molecule has 1 aliphatic heterocycles. The molecule has 26 heavy (non-hydrogen) atoms. The molecule has 1 aliphatic rings. The zero-order valence-corrected chi connectivity index (χ0v) is 16.4. The summed E-state index contributed by atoms with van der Waals surface area (Å²) in [5, 5.41) is 9.97. The lowest BCUT2D eigenvalue weighted by atomic mass is 9.80. The minimum absolute atomic E-state index is 0.0669. The Balaban J connectivity index is 2.28. The van der Waals surface area contributed by atoms with Crippen molar-refractivity contribution in [3.8, 4) is 0 Å². The summed E-state index contributed by atoms with van der Waals surface area (Å²) in [4.78, 5) is 14.7. The van der Waals surface area contributed by atoms with Gasteiger partial charge in [0.15, 0.2) is 0 Å². The van der Waals surface area contributed by atoms with E-state index in [-0.39, 0.29) is 24.2 Å². The number of rotatable bonds is 7. The van der Waals surface area contributed by atoms with Gasteiger partial charge in [-0.1, -0.05) is 36.4 Å². The van der Waals surface area contributed by atoms with Crippen molar-refractivity contribution in [1.29, 1.82) is 0 Å². The van der Waals surface area contributed by atoms with Crippen LogP contribution in [0, 0.1) is 5.41 Å². The molecule has 0 saturated carbocycles. The van der Waals surface area contributed by atoms with Gasteiger partial charge in [0.05, 0.1) is 17.6 Å². The fourth-order valence-electron chi connectivity index (χ4n) is 3.74. The topological polar surface area (TPSA) is 49.8 Å². The smallest absolute Gasteiger partial charge is 0.311 e. The van der Waals surface area contributed by atoms with Crippen LogP contribution in [-0.2, 0) is 16.1 Å². The highest BCUT2D eigenvalue weighted by Crippen LogP contribution is 2.37. The van der Waals surface area contributed by atoms with E-state index in [4.69, 9.17) is 4.74 Å². The average molecular weight is 360 g/mol. The summed E-state index contributed by atoms with van der Waals surface area (Å²) < 4.78 is 5.75. The van der Waals surface area contributed by atoms with Crippen LogP contribution >= 0.6 is 0 Å². The first-order chi connectivity index (χ1) is 12.3. The molecular weight excluding hydrogens is 326 g/mol. The minimum Gasteiger partial charge on any atom is -0.463 e. The first-order valence-corrected chi connectivity index (χ1v) is 9.52. The quantitative estimate of drug-likeness (QED) is 0.592. The number of aliphatic hydroxyl groups excluding tert-OH is 1. The van der Waals surface area contributed by atoms with Crippen LogP contribution in [0.25, 0.3) is 0 Å². The van der Waals surface area contributed by atoms with Gasteiger partial charge >= 0.3 is 5.97 Å². The monoisotopic (exact) mass is 359 g/mol. The van der Waals surface area contributed by atoms with Crippen molar-refractivity contribution in [3.05, 3.63) is 48.6 Å². The summed E-state index contributed by atoms with van der Waals surface area (Å²) in [7, 11) is 0. The van der Waals surface area contributed by atoms with Crippen LogP contribution in [-0.4, -0.2) is 40.8 Å². The minimum atomic E-state index is -0.523. The number of aliphatic hydroxyl groups is 1. The van der Waals surface area contributed by atoms with Gasteiger partial charge in [0.25, 0.3) is 0 Å². The molecule has 0 bridgehead atoms. The maximum Gasteiger partial charge on any atom is 0.311 e. The molecular formula is C22H33NO3. The second-order valence-electron chi connectivity index (χ2n) is 8.39. The molecule has 1 saturated heterocycles. The van der Waals surface area contributed by atoms with Gasteiger partial charge in [0.1, 0.15) is 6.61 Å². The van der Waals surface area contributed by atoms with E-state index in [1.54, 1.807) is 0 Å². The molecule has 0 spiro atoms. The molecule has 1 aromatic carbocycles. The van der Waals surface area contributed by atoms with Crippen LogP contribution in [0.1, 0.15) is 52.0 Å². The van der Waals surface area contributed by atoms with Gasteiger partial charge < -0.3 is 9.84 Å². The van der Waals surface area contributed by atoms with E-state index in [0.717, 1.165) is 32.2 Å². The van der Waals surface area contributed by atoms with Gasteiger partial charge in [0.2, 0.25) is 0 Å². The largest absolute Gasteiger partial charge is 0.463 e. The van der Waals surface area contributed by atoms with E-state index in [9.17, 15) is 9.90 Å². The van der Waals surface area contributed by atoms with Gasteiger partial charge in [-0.05, 0) is 52.0 Å². The third-order valence-electron chi connectivity index (χ3n) is 5.24. The van der Waals surface area contributed by atoms with Crippen molar-refractivity contribution in [2.45, 2.75) is 64.6 Å². The molecule has 0 amide bonds. The predicted molar refractivity (Wildman–Crippen MR) is 105 cm³/mol. The van der Waals surface area contributed by atoms with Crippen molar-refractivity contribution in [3.63, 3.8) is 0 Å². The lowest BCUT2D eigenvalue weighted by Gasteiger charge is -2.50. The van der Waals surface area contributed by atoms with E-state index in [1.807, 2.05) is 45.0 Å². The number of hydrogen-bond donors (Lipinski definition) is 1. The van der Waals surface area contributed by atoms with Crippen LogP contribution < -0.4 is 0 Å². The van der Waals surface area contributed by atoms with E-state index >= 15 is 0 Å². The molecule has 4 nitrogen and oxygen atoms in total. The van der Waals surface area contributed by atoms with Crippen molar-refractivity contribution >= 4 is 5.97 Å². The predicted octanol–water partition coefficient (Wildman–Crippen LogP) is 3.94. The number of piperidine rings is 1. The Labute approximate surface area is 157 Å². The Morgan fingerprint density at radius 2 is 2.08 bits per heavy atom. The molecule has 0 unspecified atom stereocenters. The lowest BCUT2D eigenvalue weighted by Crippen LogP contribution is -2.59. The summed E-state index contributed by atoms with van der Waals surface area (Å²) in [6.07, 6.45) is 5.53. The van der Waals surface area contributed by atoms with Gasteiger partial charge in [-0.15, -0.1) is 6.58 Å². The Morgan fingerprint density at radius 1 is 1.38 bits per heavy atom. The second-order valence-corrected chi connectivity index (χ2v) is 8.39. The lowest BCUT2D eigenvalue weighted by molar-refractivity contribution is -0.161. The summed E-state index contributed by atoms with van der Waals surface area (Å²) in [6, 6.07) is 10.3. The Morgan fingerprint density at radius 3 is 2.65 bits per heavy atom. The van der Waals surface area contributed by atoms with Gasteiger partial charge in [-0.2, -0.15) is 0 Å². The second kappa shape index (κ2) is 8.83. The molecule has 1 N–H and O–H groups in total. The van der Waals surface area contributed by atoms with Crippen LogP contribution in [0.4, 0.5) is 0 Å². The number of hydrogen-bond acceptors (Lipinski definition) is 4. The highest BCUT2D eigenvalue weighted by molar-refractivity contribution is 5.75. The summed E-state index contributed by atoms with van der Waals surface area (Å²) in [6.45, 7) is 10.7. The van der Waals surface area contributed by atoms with E-state index in [1.165, 1.54) is 5.56 Å². The number of carbonyl (C=O) groups excluding carboxylic acids is 1. The van der Waals surface area contributed by atoms with Crippen LogP contribution in [0.3, 0.4) is 0 Å². The first-order valence-electron chi connectivity index (χ1n) is 9.52. The number of nitrogens with zero attached hydrogens (tertiary/aromatic N) is 1. The number of esters is 1. The van der Waals surface area contributed by atoms with Crippen LogP contribution in [0.2, 0.25) is 0 Å². The fourth-order valence-corrected chi connectivity index (χ4v) is 3.74. The molecule has 2 atom stereocenters. The van der Waals surface area contributed by atoms with Crippen molar-refractivity contribution < 1.29 is 14.6 Å². The van der Waals surface area contributed by atoms with E-state index < -0.39 is 5.41 Å². The zero-order chi connectivity index (χ0) is 19.2. The van der Waals surface area contributed by atoms with Crippen molar-refractivity contribution in [1.82, 2.24) is 4.90 Å². The molecule has 1 heterocycles. The van der Waals surface area contributed by atoms with Gasteiger partial charge in [0, 0.05) is 12.6 Å². The zero-order valence-electron chi connectivity index (χ0n) is 16.4. The number of likely N-dealkylation sites (tertiary alicyclic amines) is 1. The maximum absolute atomic E-state index is 12.4. The molecule has 0 aliphatic carbocycles. The molecule has 1 fully saturated rings. The Bertz CT molecular complexity index is 593. The highest BCUT2D eigenvalue weighted by Gasteiger charge is 2.44. The summed E-state index contributed by atoms with van der Waals surface area (Å²) in [5.41, 5.74) is 0.359.